The predicted molar refractivity (Wildman–Crippen MR) is 84.8 cm³/mol. The molecule has 2 heteroatoms. The lowest BCUT2D eigenvalue weighted by Crippen LogP contribution is -1.81. The minimum atomic E-state index is 0.757. The highest BCUT2D eigenvalue weighted by atomic mass is 79.9. The Kier molecular flexibility index (Phi) is 4.33. The molecule has 0 spiro atoms. The van der Waals surface area contributed by atoms with Gasteiger partial charge in [0.1, 0.15) is 0 Å². The molecular weight excluding hydrogens is 298 g/mol. The molecule has 0 N–H and O–H groups in total. The number of halogens is 1. The molecule has 0 aliphatic heterocycles. The second-order valence-corrected chi connectivity index (χ2v) is 4.85. The zero-order valence-electron chi connectivity index (χ0n) is 10.4. The van der Waals surface area contributed by atoms with Gasteiger partial charge < -0.3 is 0 Å². The fraction of sp³-hybridized carbons (Fsp3) is 0. The van der Waals surface area contributed by atoms with Gasteiger partial charge in [-0.25, -0.2) is 0 Å². The minimum absolute atomic E-state index is 0.757. The lowest BCUT2D eigenvalue weighted by atomic mass is 10.1. The van der Waals surface area contributed by atoms with E-state index in [0.29, 0.717) is 0 Å². The molecule has 0 fully saturated rings. The maximum atomic E-state index is 4.32. The molecule has 0 aliphatic carbocycles. The van der Waals surface area contributed by atoms with Crippen LogP contribution in [0.1, 0.15) is 5.56 Å². The maximum Gasteiger partial charge on any atom is 0.0703 e. The fourth-order valence-electron chi connectivity index (χ4n) is 1.56. The van der Waals surface area contributed by atoms with Crippen LogP contribution in [0.5, 0.6) is 0 Å². The second-order valence-electron chi connectivity index (χ2n) is 3.93. The molecule has 0 saturated heterocycles. The van der Waals surface area contributed by atoms with E-state index >= 15 is 0 Å². The molecule has 0 bridgehead atoms. The van der Waals surface area contributed by atoms with Crippen molar-refractivity contribution in [3.05, 3.63) is 77.5 Å². The number of hydrogen-bond donors (Lipinski definition) is 0. The summed E-state index contributed by atoms with van der Waals surface area (Å²) < 4.78 is 0.962. The molecular formula is C17H12BrN. The number of allylic oxidation sites excluding steroid dienone is 4. The normalized spacial score (nSPS) is 10.2. The third kappa shape index (κ3) is 3.67. The first-order valence-corrected chi connectivity index (χ1v) is 6.53. The highest BCUT2D eigenvalue weighted by Gasteiger charge is 1.96. The Balaban J connectivity index is 2.31. The molecule has 1 heterocycles. The topological polar surface area (TPSA) is 12.9 Å². The van der Waals surface area contributed by atoms with Crippen LogP contribution in [-0.4, -0.2) is 4.98 Å². The SMILES string of the molecule is C=C/C=C\C(=C)C#Cc1ccc2ncc(Br)cc2c1. The molecule has 0 radical (unpaired) electrons. The molecule has 1 nitrogen and oxygen atoms in total. The zero-order valence-corrected chi connectivity index (χ0v) is 11.9. The van der Waals surface area contributed by atoms with Crippen LogP contribution in [0.15, 0.2) is 71.9 Å². The number of rotatable bonds is 2. The van der Waals surface area contributed by atoms with E-state index in [1.807, 2.05) is 36.4 Å². The Bertz CT molecular complexity index is 730. The quantitative estimate of drug-likeness (QED) is 0.581. The summed E-state index contributed by atoms with van der Waals surface area (Å²) in [7, 11) is 0. The standard InChI is InChI=1S/C17H12BrN/c1-3-4-5-13(2)6-7-14-8-9-17-15(10-14)11-16(18)12-19-17/h3-5,8-12H,1-2H2/b5-4-. The van der Waals surface area contributed by atoms with E-state index in [0.717, 1.165) is 26.5 Å². The fourth-order valence-corrected chi connectivity index (χ4v) is 1.91. The summed E-state index contributed by atoms with van der Waals surface area (Å²) in [5.74, 6) is 6.09. The van der Waals surface area contributed by atoms with E-state index < -0.39 is 0 Å². The van der Waals surface area contributed by atoms with Crippen LogP contribution in [0.25, 0.3) is 10.9 Å². The molecule has 0 amide bonds. The van der Waals surface area contributed by atoms with Crippen molar-refractivity contribution in [2.75, 3.05) is 0 Å². The van der Waals surface area contributed by atoms with E-state index in [-0.39, 0.29) is 0 Å². The van der Waals surface area contributed by atoms with Crippen LogP contribution in [0.2, 0.25) is 0 Å². The van der Waals surface area contributed by atoms with Crippen LogP contribution in [0.3, 0.4) is 0 Å². The number of aromatic nitrogens is 1. The summed E-state index contributed by atoms with van der Waals surface area (Å²) in [4.78, 5) is 4.32. The summed E-state index contributed by atoms with van der Waals surface area (Å²) in [6.07, 6.45) is 7.14. The van der Waals surface area contributed by atoms with E-state index in [1.165, 1.54) is 0 Å². The number of hydrogen-bond acceptors (Lipinski definition) is 1. The van der Waals surface area contributed by atoms with Crippen molar-refractivity contribution >= 4 is 26.8 Å². The van der Waals surface area contributed by atoms with Gasteiger partial charge in [0.25, 0.3) is 0 Å². The highest BCUT2D eigenvalue weighted by Crippen LogP contribution is 2.18. The Morgan fingerprint density at radius 3 is 2.95 bits per heavy atom. The van der Waals surface area contributed by atoms with E-state index in [2.05, 4.69) is 45.9 Å². The smallest absolute Gasteiger partial charge is 0.0703 e. The van der Waals surface area contributed by atoms with E-state index in [1.54, 1.807) is 12.3 Å². The average molecular weight is 310 g/mol. The summed E-state index contributed by atoms with van der Waals surface area (Å²) in [6, 6.07) is 7.97. The number of nitrogens with zero attached hydrogens (tertiary/aromatic N) is 1. The first kappa shape index (κ1) is 13.3. The summed E-state index contributed by atoms with van der Waals surface area (Å²) >= 11 is 3.42. The van der Waals surface area contributed by atoms with E-state index in [9.17, 15) is 0 Å². The van der Waals surface area contributed by atoms with Gasteiger partial charge in [-0.15, -0.1) is 0 Å². The van der Waals surface area contributed by atoms with Crippen LogP contribution >= 0.6 is 15.9 Å². The number of pyridine rings is 1. The third-order valence-corrected chi connectivity index (χ3v) is 2.88. The molecule has 0 unspecified atom stereocenters. The summed E-state index contributed by atoms with van der Waals surface area (Å²) in [5, 5.41) is 1.06. The molecule has 2 rings (SSSR count). The first-order valence-electron chi connectivity index (χ1n) is 5.74. The lowest BCUT2D eigenvalue weighted by Gasteiger charge is -1.98. The Morgan fingerprint density at radius 1 is 1.32 bits per heavy atom. The van der Waals surface area contributed by atoms with Gasteiger partial charge >= 0.3 is 0 Å². The highest BCUT2D eigenvalue weighted by molar-refractivity contribution is 9.10. The van der Waals surface area contributed by atoms with Crippen LogP contribution in [-0.2, 0) is 0 Å². The van der Waals surface area contributed by atoms with Crippen molar-refractivity contribution in [1.82, 2.24) is 4.98 Å². The van der Waals surface area contributed by atoms with Gasteiger partial charge in [-0.3, -0.25) is 4.98 Å². The maximum absolute atomic E-state index is 4.32. The van der Waals surface area contributed by atoms with Gasteiger partial charge in [0.2, 0.25) is 0 Å². The average Bonchev–Trinajstić information content (AvgIpc) is 2.42. The van der Waals surface area contributed by atoms with Crippen LogP contribution < -0.4 is 0 Å². The van der Waals surface area contributed by atoms with E-state index in [4.69, 9.17) is 0 Å². The Morgan fingerprint density at radius 2 is 2.16 bits per heavy atom. The number of fused-ring (bicyclic) bond motifs is 1. The van der Waals surface area contributed by atoms with Crippen LogP contribution in [0, 0.1) is 11.8 Å². The zero-order chi connectivity index (χ0) is 13.7. The van der Waals surface area contributed by atoms with Gasteiger partial charge in [-0.05, 0) is 46.3 Å². The largest absolute Gasteiger partial charge is 0.255 e. The lowest BCUT2D eigenvalue weighted by molar-refractivity contribution is 1.39. The van der Waals surface area contributed by atoms with Gasteiger partial charge in [-0.1, -0.05) is 37.2 Å². The Labute approximate surface area is 121 Å². The van der Waals surface area contributed by atoms with Crippen molar-refractivity contribution in [1.29, 1.82) is 0 Å². The van der Waals surface area contributed by atoms with Crippen molar-refractivity contribution in [2.24, 2.45) is 0 Å². The van der Waals surface area contributed by atoms with Crippen molar-refractivity contribution in [3.63, 3.8) is 0 Å². The predicted octanol–water partition coefficient (Wildman–Crippen LogP) is 4.65. The molecule has 2 aromatic rings. The molecule has 1 aromatic heterocycles. The molecule has 19 heavy (non-hydrogen) atoms. The van der Waals surface area contributed by atoms with Crippen molar-refractivity contribution in [3.8, 4) is 11.8 Å². The number of benzene rings is 1. The summed E-state index contributed by atoms with van der Waals surface area (Å²) in [5.41, 5.74) is 2.66. The monoisotopic (exact) mass is 309 g/mol. The van der Waals surface area contributed by atoms with Gasteiger partial charge in [0.15, 0.2) is 0 Å². The second kappa shape index (κ2) is 6.17. The molecule has 1 aromatic carbocycles. The van der Waals surface area contributed by atoms with Gasteiger partial charge in [-0.2, -0.15) is 0 Å². The molecule has 0 saturated carbocycles. The molecule has 0 atom stereocenters. The summed E-state index contributed by atoms with van der Waals surface area (Å²) in [6.45, 7) is 7.46. The van der Waals surface area contributed by atoms with Crippen molar-refractivity contribution in [2.45, 2.75) is 0 Å². The first-order chi connectivity index (χ1) is 9.19. The van der Waals surface area contributed by atoms with Crippen molar-refractivity contribution < 1.29 is 0 Å². The van der Waals surface area contributed by atoms with Crippen LogP contribution in [0.4, 0.5) is 0 Å². The Hall–Kier alpha value is -2.11. The van der Waals surface area contributed by atoms with Gasteiger partial charge in [0, 0.05) is 27.2 Å². The van der Waals surface area contributed by atoms with Gasteiger partial charge in [0.05, 0.1) is 5.52 Å². The molecule has 92 valence electrons. The third-order valence-electron chi connectivity index (χ3n) is 2.45. The molecule has 0 aliphatic rings. The minimum Gasteiger partial charge on any atom is -0.255 e.